The monoisotopic (exact) mass is 257 g/mol. The molecule has 0 aliphatic carbocycles. The second-order valence-electron chi connectivity index (χ2n) is 5.64. The molecule has 0 aromatic heterocycles. The van der Waals surface area contributed by atoms with Crippen molar-refractivity contribution >= 4 is 6.09 Å². The minimum Gasteiger partial charge on any atom is -0.450 e. The Morgan fingerprint density at radius 1 is 1.39 bits per heavy atom. The highest BCUT2D eigenvalue weighted by Gasteiger charge is 2.45. The molecule has 2 aliphatic rings. The lowest BCUT2D eigenvalue weighted by Gasteiger charge is -2.47. The van der Waals surface area contributed by atoms with Crippen molar-refractivity contribution in [2.24, 2.45) is 0 Å². The fraction of sp³-hybridized carbons (Fsp3) is 0.923. The molecule has 2 rings (SSSR count). The van der Waals surface area contributed by atoms with E-state index in [1.54, 1.807) is 4.90 Å². The summed E-state index contributed by atoms with van der Waals surface area (Å²) in [5.74, 6) is 0. The van der Waals surface area contributed by atoms with E-state index in [9.17, 15) is 9.90 Å². The molecule has 0 radical (unpaired) electrons. The molecule has 0 aromatic rings. The number of hydrogen-bond acceptors (Lipinski definition) is 4. The Balaban J connectivity index is 1.91. The normalized spacial score (nSPS) is 31.4. The van der Waals surface area contributed by atoms with Crippen LogP contribution in [0.15, 0.2) is 0 Å². The average molecular weight is 257 g/mol. The zero-order valence-electron chi connectivity index (χ0n) is 11.3. The molecule has 1 N–H and O–H groups in total. The van der Waals surface area contributed by atoms with Gasteiger partial charge in [0.1, 0.15) is 0 Å². The summed E-state index contributed by atoms with van der Waals surface area (Å²) in [6, 6.07) is 0. The molecule has 0 aromatic carbocycles. The predicted octanol–water partition coefficient (Wildman–Crippen LogP) is 1.54. The second kappa shape index (κ2) is 5.05. The zero-order valence-corrected chi connectivity index (χ0v) is 11.3. The number of carbonyl (C=O) groups is 1. The highest BCUT2D eigenvalue weighted by molar-refractivity contribution is 5.67. The number of likely N-dealkylation sites (tertiary alicyclic amines) is 1. The molecule has 1 amide bonds. The van der Waals surface area contributed by atoms with Gasteiger partial charge in [-0.1, -0.05) is 0 Å². The largest absolute Gasteiger partial charge is 0.450 e. The van der Waals surface area contributed by atoms with Gasteiger partial charge in [-0.25, -0.2) is 4.79 Å². The molecular weight excluding hydrogens is 234 g/mol. The Bertz CT molecular complexity index is 308. The molecule has 18 heavy (non-hydrogen) atoms. The average Bonchev–Trinajstić information content (AvgIpc) is 2.28. The molecule has 1 spiro atoms. The van der Waals surface area contributed by atoms with Gasteiger partial charge in [0.25, 0.3) is 0 Å². The summed E-state index contributed by atoms with van der Waals surface area (Å²) in [7, 11) is 0. The van der Waals surface area contributed by atoms with Crippen molar-refractivity contribution in [2.75, 3.05) is 26.3 Å². The molecule has 2 saturated heterocycles. The van der Waals surface area contributed by atoms with Gasteiger partial charge < -0.3 is 19.5 Å². The topological polar surface area (TPSA) is 59.0 Å². The fourth-order valence-electron chi connectivity index (χ4n) is 2.95. The van der Waals surface area contributed by atoms with Crippen LogP contribution in [0.2, 0.25) is 0 Å². The van der Waals surface area contributed by atoms with E-state index in [0.29, 0.717) is 39.1 Å². The number of rotatable bonds is 1. The van der Waals surface area contributed by atoms with Crippen molar-refractivity contribution in [1.29, 1.82) is 0 Å². The minimum atomic E-state index is -0.635. The summed E-state index contributed by atoms with van der Waals surface area (Å²) >= 11 is 0. The molecule has 1 atom stereocenters. The van der Waals surface area contributed by atoms with Gasteiger partial charge in [-0.2, -0.15) is 0 Å². The first-order valence-electron chi connectivity index (χ1n) is 6.74. The summed E-state index contributed by atoms with van der Waals surface area (Å²) in [6.45, 7) is 5.99. The van der Waals surface area contributed by atoms with E-state index in [-0.39, 0.29) is 11.7 Å². The van der Waals surface area contributed by atoms with E-state index in [1.165, 1.54) is 0 Å². The maximum Gasteiger partial charge on any atom is 0.409 e. The van der Waals surface area contributed by atoms with E-state index in [4.69, 9.17) is 9.47 Å². The number of carbonyl (C=O) groups excluding carboxylic acids is 1. The lowest BCUT2D eigenvalue weighted by molar-refractivity contribution is -0.170. The lowest BCUT2D eigenvalue weighted by Crippen LogP contribution is -2.54. The highest BCUT2D eigenvalue weighted by Crippen LogP contribution is 2.39. The summed E-state index contributed by atoms with van der Waals surface area (Å²) in [5.41, 5.74) is -0.880. The molecule has 0 unspecified atom stereocenters. The molecule has 104 valence electrons. The number of ether oxygens (including phenoxy) is 2. The first-order valence-corrected chi connectivity index (χ1v) is 6.74. The van der Waals surface area contributed by atoms with Gasteiger partial charge in [-0.15, -0.1) is 0 Å². The molecule has 2 heterocycles. The van der Waals surface area contributed by atoms with E-state index < -0.39 is 5.60 Å². The van der Waals surface area contributed by atoms with Gasteiger partial charge in [-0.3, -0.25) is 0 Å². The van der Waals surface area contributed by atoms with E-state index >= 15 is 0 Å². The highest BCUT2D eigenvalue weighted by atomic mass is 16.6. The molecule has 5 heteroatoms. The molecule has 0 bridgehead atoms. The van der Waals surface area contributed by atoms with E-state index in [2.05, 4.69) is 0 Å². The first kappa shape index (κ1) is 13.6. The summed E-state index contributed by atoms with van der Waals surface area (Å²) < 4.78 is 10.9. The van der Waals surface area contributed by atoms with Gasteiger partial charge in [0.2, 0.25) is 0 Å². The lowest BCUT2D eigenvalue weighted by atomic mass is 9.78. The van der Waals surface area contributed by atoms with E-state index in [1.807, 2.05) is 13.8 Å². The Labute approximate surface area is 108 Å². The third kappa shape index (κ3) is 2.95. The Morgan fingerprint density at radius 3 is 2.61 bits per heavy atom. The number of nitrogens with zero attached hydrogens (tertiary/aromatic N) is 1. The molecular formula is C13H23NO4. The summed E-state index contributed by atoms with van der Waals surface area (Å²) in [6.07, 6.45) is 2.67. The second-order valence-corrected chi connectivity index (χ2v) is 5.64. The standard InChI is InChI=1S/C13H23NO4/c1-3-17-11(15)14-7-4-13(5-8-14)10-12(2,16)6-9-18-13/h16H,3-10H2,1-2H3/t12-/m0/s1. The van der Waals surface area contributed by atoms with Crippen LogP contribution >= 0.6 is 0 Å². The van der Waals surface area contributed by atoms with Crippen LogP contribution in [0.5, 0.6) is 0 Å². The molecule has 0 saturated carbocycles. The van der Waals surface area contributed by atoms with Crippen LogP contribution in [0.1, 0.15) is 39.5 Å². The number of hydrogen-bond donors (Lipinski definition) is 1. The maximum atomic E-state index is 11.6. The van der Waals surface area contributed by atoms with Gasteiger partial charge >= 0.3 is 6.09 Å². The number of amides is 1. The predicted molar refractivity (Wildman–Crippen MR) is 66.4 cm³/mol. The minimum absolute atomic E-state index is 0.241. The quantitative estimate of drug-likeness (QED) is 0.774. The zero-order chi connectivity index (χ0) is 13.2. The van der Waals surface area contributed by atoms with Crippen molar-refractivity contribution in [3.63, 3.8) is 0 Å². The molecule has 2 aliphatic heterocycles. The molecule has 2 fully saturated rings. The van der Waals surface area contributed by atoms with Crippen molar-refractivity contribution in [1.82, 2.24) is 4.90 Å². The maximum absolute atomic E-state index is 11.6. The first-order chi connectivity index (χ1) is 8.46. The third-order valence-corrected chi connectivity index (χ3v) is 3.95. The van der Waals surface area contributed by atoms with Crippen molar-refractivity contribution < 1.29 is 19.4 Å². The van der Waals surface area contributed by atoms with Gasteiger partial charge in [-0.05, 0) is 33.1 Å². The van der Waals surface area contributed by atoms with Crippen LogP contribution in [-0.4, -0.2) is 53.6 Å². The van der Waals surface area contributed by atoms with Crippen LogP contribution in [0.3, 0.4) is 0 Å². The van der Waals surface area contributed by atoms with Gasteiger partial charge in [0.15, 0.2) is 0 Å². The Kier molecular flexibility index (Phi) is 3.82. The van der Waals surface area contributed by atoms with E-state index in [0.717, 1.165) is 12.8 Å². The Hall–Kier alpha value is -0.810. The van der Waals surface area contributed by atoms with Crippen LogP contribution in [0.4, 0.5) is 4.79 Å². The third-order valence-electron chi connectivity index (χ3n) is 3.95. The molecule has 5 nitrogen and oxygen atoms in total. The van der Waals surface area contributed by atoms with Crippen molar-refractivity contribution in [2.45, 2.75) is 50.7 Å². The summed E-state index contributed by atoms with van der Waals surface area (Å²) in [5, 5.41) is 10.2. The van der Waals surface area contributed by atoms with Crippen LogP contribution < -0.4 is 0 Å². The van der Waals surface area contributed by atoms with Crippen LogP contribution in [0, 0.1) is 0 Å². The fourth-order valence-corrected chi connectivity index (χ4v) is 2.95. The van der Waals surface area contributed by atoms with Crippen molar-refractivity contribution in [3.05, 3.63) is 0 Å². The smallest absolute Gasteiger partial charge is 0.409 e. The van der Waals surface area contributed by atoms with Crippen LogP contribution in [0.25, 0.3) is 0 Å². The van der Waals surface area contributed by atoms with Gasteiger partial charge in [0, 0.05) is 19.5 Å². The summed E-state index contributed by atoms with van der Waals surface area (Å²) in [4.78, 5) is 13.3. The SMILES string of the molecule is CCOC(=O)N1CCC2(CC1)C[C@@](C)(O)CCO2. The van der Waals surface area contributed by atoms with Gasteiger partial charge in [0.05, 0.1) is 24.4 Å². The number of piperidine rings is 1. The van der Waals surface area contributed by atoms with Crippen molar-refractivity contribution in [3.8, 4) is 0 Å². The van der Waals surface area contributed by atoms with Crippen LogP contribution in [-0.2, 0) is 9.47 Å². The Morgan fingerprint density at radius 2 is 2.06 bits per heavy atom. The number of aliphatic hydroxyl groups is 1.